The number of allylic oxidation sites excluding steroid dienone is 1. The van der Waals surface area contributed by atoms with Gasteiger partial charge in [-0.25, -0.2) is 0 Å². The topological polar surface area (TPSA) is 198 Å². The first-order valence-corrected chi connectivity index (χ1v) is 20.1. The molecule has 3 rings (SSSR count). The maximum absolute atomic E-state index is 14.3. The molecule has 18 atom stereocenters. The Labute approximate surface area is 333 Å². The van der Waals surface area contributed by atoms with E-state index in [1.165, 1.54) is 40.4 Å². The van der Waals surface area contributed by atoms with Crippen LogP contribution < -0.4 is 5.32 Å². The minimum Gasteiger partial charge on any atom is -0.491 e. The molecule has 0 aliphatic carbocycles. The highest BCUT2D eigenvalue weighted by Crippen LogP contribution is 2.42. The molecule has 0 aromatic rings. The Morgan fingerprint density at radius 2 is 1.54 bits per heavy atom. The number of cyclic esters (lactones) is 1. The third-order valence-corrected chi connectivity index (χ3v) is 12.5. The molecule has 0 bridgehead atoms. The molecule has 4 N–H and O–H groups in total. The third kappa shape index (κ3) is 10.8. The summed E-state index contributed by atoms with van der Waals surface area (Å²) in [4.78, 5) is 40.2. The van der Waals surface area contributed by atoms with Crippen molar-refractivity contribution in [2.75, 3.05) is 21.3 Å². The fraction of sp³-hybridized carbons (Fsp3) is 0.878. The number of ether oxygens (including phenoxy) is 8. The summed E-state index contributed by atoms with van der Waals surface area (Å²) in [6.07, 6.45) is -5.92. The highest BCUT2D eigenvalue weighted by Gasteiger charge is 2.54. The van der Waals surface area contributed by atoms with Crippen LogP contribution in [0.15, 0.2) is 12.3 Å². The monoisotopic (exact) mass is 801 g/mol. The first-order chi connectivity index (χ1) is 26.0. The van der Waals surface area contributed by atoms with Crippen LogP contribution in [-0.2, 0) is 52.3 Å². The van der Waals surface area contributed by atoms with E-state index in [4.69, 9.17) is 37.9 Å². The van der Waals surface area contributed by atoms with Gasteiger partial charge < -0.3 is 58.5 Å². The van der Waals surface area contributed by atoms with Gasteiger partial charge in [0.25, 0.3) is 0 Å². The number of methoxy groups -OCH3 is 2. The zero-order valence-electron chi connectivity index (χ0n) is 36.0. The van der Waals surface area contributed by atoms with Gasteiger partial charge in [0, 0.05) is 44.5 Å². The number of nitrogens with one attached hydrogen (secondary N) is 1. The minimum absolute atomic E-state index is 0.0949. The van der Waals surface area contributed by atoms with Crippen molar-refractivity contribution in [3.05, 3.63) is 12.3 Å². The van der Waals surface area contributed by atoms with Crippen molar-refractivity contribution in [3.8, 4) is 0 Å². The number of hydrogen-bond acceptors (Lipinski definition) is 15. The Morgan fingerprint density at radius 3 is 2.09 bits per heavy atom. The van der Waals surface area contributed by atoms with Crippen LogP contribution in [0.3, 0.4) is 0 Å². The molecule has 3 heterocycles. The highest BCUT2D eigenvalue weighted by molar-refractivity contribution is 5.86. The average Bonchev–Trinajstić information content (AvgIpc) is 3.15. The van der Waals surface area contributed by atoms with Crippen LogP contribution in [0.2, 0.25) is 0 Å². The lowest BCUT2D eigenvalue weighted by Crippen LogP contribution is -2.61. The molecule has 3 aliphatic heterocycles. The van der Waals surface area contributed by atoms with Crippen molar-refractivity contribution >= 4 is 17.5 Å². The summed E-state index contributed by atoms with van der Waals surface area (Å²) in [6, 6.07) is -0.263. The van der Waals surface area contributed by atoms with E-state index < -0.39 is 102 Å². The van der Waals surface area contributed by atoms with Gasteiger partial charge in [0.15, 0.2) is 24.5 Å². The minimum atomic E-state index is -1.98. The second-order valence-corrected chi connectivity index (χ2v) is 17.0. The quantitative estimate of drug-likeness (QED) is 0.135. The van der Waals surface area contributed by atoms with Gasteiger partial charge in [-0.2, -0.15) is 0 Å². The van der Waals surface area contributed by atoms with E-state index in [1.54, 1.807) is 55.5 Å². The standard InChI is InChI=1S/C41H71NO14/c1-15-29-41(11,48)34(45)24(5)31(44)21(2)19-40(10,50-14)36(56-38-33(51-17-16-22(3)43)28(42-12)18-23(4)52-38)25(6)32(26(7)37(47)54-29)55-30-20-39(9,49-13)35(46)27(8)53-30/h16-17,21,23-30,32-36,38,42,45-46,48H,15,18-20H2,1-14H3/b17-16+/t21-,23-,24+,25+,26-,27+,28+,29-,30+,32+,33-,34-,35+,36-,38+,39-,40+,41-/m1/s1. The lowest BCUT2D eigenvalue weighted by Gasteiger charge is -2.49. The van der Waals surface area contributed by atoms with Crippen molar-refractivity contribution in [1.29, 1.82) is 0 Å². The molecule has 15 heteroatoms. The van der Waals surface area contributed by atoms with Crippen molar-refractivity contribution in [2.45, 2.75) is 186 Å². The van der Waals surface area contributed by atoms with Crippen molar-refractivity contribution < 1.29 is 67.6 Å². The zero-order valence-corrected chi connectivity index (χ0v) is 36.0. The number of carbonyl (C=O) groups excluding carboxylic acids is 3. The molecule has 3 aliphatic rings. The predicted molar refractivity (Wildman–Crippen MR) is 205 cm³/mol. The molecule has 3 fully saturated rings. The summed E-state index contributed by atoms with van der Waals surface area (Å²) in [6.45, 7) is 18.5. The second-order valence-electron chi connectivity index (χ2n) is 17.0. The first kappa shape index (κ1) is 48.3. The molecule has 324 valence electrons. The van der Waals surface area contributed by atoms with Crippen LogP contribution in [0.5, 0.6) is 0 Å². The maximum Gasteiger partial charge on any atom is 0.311 e. The Kier molecular flexibility index (Phi) is 17.1. The fourth-order valence-corrected chi connectivity index (χ4v) is 8.75. The van der Waals surface area contributed by atoms with E-state index >= 15 is 0 Å². The molecule has 0 amide bonds. The number of aliphatic hydroxyl groups excluding tert-OH is 2. The van der Waals surface area contributed by atoms with Crippen LogP contribution in [-0.4, -0.2) is 138 Å². The van der Waals surface area contributed by atoms with Crippen LogP contribution in [0.25, 0.3) is 0 Å². The van der Waals surface area contributed by atoms with Gasteiger partial charge in [-0.1, -0.05) is 27.7 Å². The molecular weight excluding hydrogens is 730 g/mol. The second kappa shape index (κ2) is 19.8. The first-order valence-electron chi connectivity index (χ1n) is 20.1. The molecule has 0 aromatic carbocycles. The SMILES string of the molecule is CC[C@H]1OC(=O)[C@H](C)[C@@H](O[C@H]2C[C@@](C)(OC)[C@@H](O)[C@H](C)O2)[C@H](C)[C@@H](O[C@@H]2O[C@H](C)C[C@H](NC)[C@H]2O/C=C/C(C)=O)[C@@](C)(OC)C[C@@H](C)C(=O)[C@H](C)[C@@H](O)[C@]1(C)O. The molecule has 0 unspecified atom stereocenters. The van der Waals surface area contributed by atoms with Crippen molar-refractivity contribution in [1.82, 2.24) is 5.32 Å². The van der Waals surface area contributed by atoms with Gasteiger partial charge in [0.05, 0.1) is 59.9 Å². The summed E-state index contributed by atoms with van der Waals surface area (Å²) in [5.74, 6) is -4.78. The number of aliphatic hydroxyl groups is 3. The number of hydrogen-bond donors (Lipinski definition) is 4. The lowest BCUT2D eigenvalue weighted by molar-refractivity contribution is -0.317. The fourth-order valence-electron chi connectivity index (χ4n) is 8.75. The van der Waals surface area contributed by atoms with Gasteiger partial charge in [0.2, 0.25) is 0 Å². The summed E-state index contributed by atoms with van der Waals surface area (Å²) >= 11 is 0. The molecule has 0 aromatic heterocycles. The number of carbonyl (C=O) groups is 3. The summed E-state index contributed by atoms with van der Waals surface area (Å²) in [5.41, 5.74) is -4.31. The molecule has 0 spiro atoms. The van der Waals surface area contributed by atoms with Crippen LogP contribution >= 0.6 is 0 Å². The summed E-state index contributed by atoms with van der Waals surface area (Å²) < 4.78 is 50.6. The Balaban J connectivity index is 2.26. The van der Waals surface area contributed by atoms with Crippen LogP contribution in [0.4, 0.5) is 0 Å². The maximum atomic E-state index is 14.3. The summed E-state index contributed by atoms with van der Waals surface area (Å²) in [7, 11) is 4.80. The largest absolute Gasteiger partial charge is 0.491 e. The molecule has 3 saturated heterocycles. The summed E-state index contributed by atoms with van der Waals surface area (Å²) in [5, 5.41) is 37.4. The Hall–Kier alpha value is -2.05. The van der Waals surface area contributed by atoms with Crippen molar-refractivity contribution in [3.63, 3.8) is 0 Å². The van der Waals surface area contributed by atoms with E-state index in [-0.39, 0.29) is 43.0 Å². The highest BCUT2D eigenvalue weighted by atomic mass is 16.7. The van der Waals surface area contributed by atoms with Crippen molar-refractivity contribution in [2.24, 2.45) is 23.7 Å². The van der Waals surface area contributed by atoms with Gasteiger partial charge in [-0.05, 0) is 74.8 Å². The van der Waals surface area contributed by atoms with Gasteiger partial charge in [-0.3, -0.25) is 14.4 Å². The molecule has 15 nitrogen and oxygen atoms in total. The number of rotatable bonds is 11. The Bertz CT molecular complexity index is 1340. The molecule has 0 radical (unpaired) electrons. The van der Waals surface area contributed by atoms with Gasteiger partial charge in [-0.15, -0.1) is 0 Å². The van der Waals surface area contributed by atoms with E-state index in [9.17, 15) is 29.7 Å². The van der Waals surface area contributed by atoms with E-state index in [2.05, 4.69) is 5.32 Å². The predicted octanol–water partition coefficient (Wildman–Crippen LogP) is 3.22. The normalized spacial score (nSPS) is 46.3. The lowest BCUT2D eigenvalue weighted by atomic mass is 9.74. The molecule has 56 heavy (non-hydrogen) atoms. The van der Waals surface area contributed by atoms with Gasteiger partial charge >= 0.3 is 5.97 Å². The van der Waals surface area contributed by atoms with Crippen LogP contribution in [0, 0.1) is 23.7 Å². The number of esters is 1. The number of ketones is 2. The van der Waals surface area contributed by atoms with E-state index in [1.807, 2.05) is 13.8 Å². The van der Waals surface area contributed by atoms with E-state index in [0.717, 1.165) is 0 Å². The third-order valence-electron chi connectivity index (χ3n) is 12.5. The molecular formula is C41H71NO14. The number of likely N-dealkylation sites (N-methyl/N-ethyl adjacent to an activating group) is 1. The Morgan fingerprint density at radius 1 is 0.911 bits per heavy atom. The van der Waals surface area contributed by atoms with Crippen LogP contribution in [0.1, 0.15) is 102 Å². The van der Waals surface area contributed by atoms with E-state index in [0.29, 0.717) is 6.42 Å². The molecule has 0 saturated carbocycles. The zero-order chi connectivity index (χ0) is 42.5. The smallest absolute Gasteiger partial charge is 0.311 e. The van der Waals surface area contributed by atoms with Gasteiger partial charge in [0.1, 0.15) is 23.6 Å². The number of Topliss-reactive ketones (excluding diaryl/α,β-unsaturated/α-hetero) is 1. The average molecular weight is 802 g/mol.